The second kappa shape index (κ2) is 8.77. The molecule has 3 N–H and O–H groups in total. The molecule has 1 aromatic carbocycles. The minimum atomic E-state index is -3.78. The lowest BCUT2D eigenvalue weighted by molar-refractivity contribution is 0.0699. The summed E-state index contributed by atoms with van der Waals surface area (Å²) in [6, 6.07) is 2.68. The van der Waals surface area contributed by atoms with Gasteiger partial charge in [0.2, 0.25) is 10.0 Å². The van der Waals surface area contributed by atoms with E-state index in [-0.39, 0.29) is 27.2 Å². The fraction of sp³-hybridized carbons (Fsp3) is 0.500. The van der Waals surface area contributed by atoms with Crippen LogP contribution >= 0.6 is 23.2 Å². The molecule has 0 aliphatic carbocycles. The van der Waals surface area contributed by atoms with E-state index < -0.39 is 10.0 Å². The second-order valence-corrected chi connectivity index (χ2v) is 6.71. The molecule has 0 heterocycles. The fourth-order valence-corrected chi connectivity index (χ4v) is 3.62. The number of halogens is 2. The maximum atomic E-state index is 12.1. The van der Waals surface area contributed by atoms with Crippen molar-refractivity contribution in [1.82, 2.24) is 4.72 Å². The topological polar surface area (TPSA) is 90.6 Å². The van der Waals surface area contributed by atoms with E-state index in [0.717, 1.165) is 0 Å². The van der Waals surface area contributed by atoms with Crippen molar-refractivity contribution < 1.29 is 17.9 Å². The summed E-state index contributed by atoms with van der Waals surface area (Å²) in [5.41, 5.74) is 5.68. The number of ether oxygens (including phenoxy) is 2. The number of nitrogens with one attached hydrogen (secondary N) is 1. The van der Waals surface area contributed by atoms with E-state index in [1.165, 1.54) is 12.1 Å². The van der Waals surface area contributed by atoms with Crippen LogP contribution < -0.4 is 10.5 Å². The number of nitrogen functional groups attached to an aromatic ring is 1. The van der Waals surface area contributed by atoms with Crippen LogP contribution in [0.1, 0.15) is 6.42 Å². The van der Waals surface area contributed by atoms with Crippen molar-refractivity contribution in [3.05, 3.63) is 22.2 Å². The summed E-state index contributed by atoms with van der Waals surface area (Å²) in [6.07, 6.45) is 0.522. The van der Waals surface area contributed by atoms with E-state index in [4.69, 9.17) is 38.4 Å². The van der Waals surface area contributed by atoms with Crippen molar-refractivity contribution in [2.45, 2.75) is 11.3 Å². The molecule has 0 unspecified atom stereocenters. The van der Waals surface area contributed by atoms with Gasteiger partial charge in [-0.25, -0.2) is 13.1 Å². The summed E-state index contributed by atoms with van der Waals surface area (Å²) in [4.78, 5) is -0.158. The maximum absolute atomic E-state index is 12.1. The average Bonchev–Trinajstić information content (AvgIpc) is 2.35. The molecule has 0 amide bonds. The number of sulfonamides is 1. The Kier molecular flexibility index (Phi) is 7.72. The molecule has 120 valence electrons. The molecule has 0 spiro atoms. The highest BCUT2D eigenvalue weighted by Gasteiger charge is 2.21. The Morgan fingerprint density at radius 2 is 1.95 bits per heavy atom. The van der Waals surface area contributed by atoms with E-state index in [0.29, 0.717) is 26.2 Å². The summed E-state index contributed by atoms with van der Waals surface area (Å²) in [6.45, 7) is 1.62. The zero-order chi connectivity index (χ0) is 15.9. The normalized spacial score (nSPS) is 11.8. The van der Waals surface area contributed by atoms with Crippen molar-refractivity contribution >= 4 is 38.9 Å². The molecule has 0 aliphatic rings. The average molecular weight is 357 g/mol. The number of methoxy groups -OCH3 is 1. The van der Waals surface area contributed by atoms with Gasteiger partial charge in [0.25, 0.3) is 0 Å². The summed E-state index contributed by atoms with van der Waals surface area (Å²) in [5, 5.41) is 0.270. The molecule has 0 aliphatic heterocycles. The number of anilines is 1. The van der Waals surface area contributed by atoms with Crippen LogP contribution in [0.15, 0.2) is 17.0 Å². The van der Waals surface area contributed by atoms with Crippen LogP contribution in [0.5, 0.6) is 0 Å². The predicted molar refractivity (Wildman–Crippen MR) is 83.4 cm³/mol. The van der Waals surface area contributed by atoms with Gasteiger partial charge < -0.3 is 15.2 Å². The minimum Gasteiger partial charge on any atom is -0.398 e. The Balaban J connectivity index is 2.55. The zero-order valence-electron chi connectivity index (χ0n) is 11.6. The number of hydrogen-bond donors (Lipinski definition) is 2. The van der Waals surface area contributed by atoms with Gasteiger partial charge in [-0.1, -0.05) is 23.2 Å². The number of hydrogen-bond acceptors (Lipinski definition) is 5. The third kappa shape index (κ3) is 5.98. The first kappa shape index (κ1) is 18.5. The molecule has 6 nitrogen and oxygen atoms in total. The van der Waals surface area contributed by atoms with Gasteiger partial charge in [0.05, 0.1) is 23.9 Å². The molecule has 9 heteroatoms. The van der Waals surface area contributed by atoms with Crippen LogP contribution in [0.3, 0.4) is 0 Å². The largest absolute Gasteiger partial charge is 0.398 e. The van der Waals surface area contributed by atoms with Crippen LogP contribution in [-0.2, 0) is 19.5 Å². The molecular weight excluding hydrogens is 339 g/mol. The molecule has 1 rings (SSSR count). The summed E-state index contributed by atoms with van der Waals surface area (Å²) >= 11 is 11.6. The highest BCUT2D eigenvalue weighted by atomic mass is 35.5. The molecular formula is C12H18Cl2N2O4S. The minimum absolute atomic E-state index is 0.0103. The van der Waals surface area contributed by atoms with Gasteiger partial charge in [0.1, 0.15) is 4.90 Å². The van der Waals surface area contributed by atoms with Crippen molar-refractivity contribution in [3.63, 3.8) is 0 Å². The molecule has 0 radical (unpaired) electrons. The van der Waals surface area contributed by atoms with E-state index in [9.17, 15) is 8.42 Å². The molecule has 0 aromatic heterocycles. The van der Waals surface area contributed by atoms with Gasteiger partial charge in [-0.2, -0.15) is 0 Å². The molecule has 0 saturated carbocycles. The molecule has 0 fully saturated rings. The Morgan fingerprint density at radius 1 is 1.24 bits per heavy atom. The quantitative estimate of drug-likeness (QED) is 0.520. The van der Waals surface area contributed by atoms with Crippen molar-refractivity contribution in [3.8, 4) is 0 Å². The monoisotopic (exact) mass is 356 g/mol. The maximum Gasteiger partial charge on any atom is 0.244 e. The zero-order valence-corrected chi connectivity index (χ0v) is 13.9. The second-order valence-electron chi connectivity index (χ2n) is 4.16. The van der Waals surface area contributed by atoms with Crippen molar-refractivity contribution in [1.29, 1.82) is 0 Å². The lowest BCUT2D eigenvalue weighted by Crippen LogP contribution is -2.26. The molecule has 1 aromatic rings. The first-order valence-electron chi connectivity index (χ1n) is 6.19. The molecule has 0 saturated heterocycles. The van der Waals surface area contributed by atoms with E-state index in [2.05, 4.69) is 4.72 Å². The third-order valence-electron chi connectivity index (χ3n) is 2.50. The Morgan fingerprint density at radius 3 is 2.57 bits per heavy atom. The van der Waals surface area contributed by atoms with Crippen LogP contribution in [-0.4, -0.2) is 41.9 Å². The SMILES string of the molecule is COCCOCCCNS(=O)(=O)c1c(N)cc(Cl)cc1Cl. The van der Waals surface area contributed by atoms with Crippen LogP contribution in [0.4, 0.5) is 5.69 Å². The fourth-order valence-electron chi connectivity index (χ4n) is 1.56. The van der Waals surface area contributed by atoms with E-state index in [1.54, 1.807) is 7.11 Å². The van der Waals surface area contributed by atoms with Crippen LogP contribution in [0, 0.1) is 0 Å². The predicted octanol–water partition coefficient (Wildman–Crippen LogP) is 1.91. The van der Waals surface area contributed by atoms with Crippen LogP contribution in [0.2, 0.25) is 10.0 Å². The smallest absolute Gasteiger partial charge is 0.244 e. The summed E-state index contributed by atoms with van der Waals surface area (Å²) in [7, 11) is -2.20. The Labute approximate surface area is 134 Å². The highest BCUT2D eigenvalue weighted by molar-refractivity contribution is 7.89. The highest BCUT2D eigenvalue weighted by Crippen LogP contribution is 2.30. The van der Waals surface area contributed by atoms with Gasteiger partial charge in [-0.05, 0) is 18.6 Å². The van der Waals surface area contributed by atoms with Gasteiger partial charge in [-0.3, -0.25) is 0 Å². The van der Waals surface area contributed by atoms with Crippen molar-refractivity contribution in [2.75, 3.05) is 39.2 Å². The number of rotatable bonds is 9. The lowest BCUT2D eigenvalue weighted by atomic mass is 10.3. The van der Waals surface area contributed by atoms with Gasteiger partial charge in [0.15, 0.2) is 0 Å². The van der Waals surface area contributed by atoms with Crippen molar-refractivity contribution in [2.24, 2.45) is 0 Å². The van der Waals surface area contributed by atoms with E-state index >= 15 is 0 Å². The first-order valence-corrected chi connectivity index (χ1v) is 8.43. The third-order valence-corrected chi connectivity index (χ3v) is 4.70. The van der Waals surface area contributed by atoms with Gasteiger partial charge in [-0.15, -0.1) is 0 Å². The standard InChI is InChI=1S/C12H18Cl2N2O4S/c1-19-5-6-20-4-2-3-16-21(17,18)12-10(14)7-9(13)8-11(12)15/h7-8,16H,2-6,15H2,1H3. The number of nitrogens with two attached hydrogens (primary N) is 1. The van der Waals surface area contributed by atoms with Gasteiger partial charge >= 0.3 is 0 Å². The van der Waals surface area contributed by atoms with Gasteiger partial charge in [0, 0.05) is 25.3 Å². The summed E-state index contributed by atoms with van der Waals surface area (Å²) in [5.74, 6) is 0. The van der Waals surface area contributed by atoms with E-state index in [1.807, 2.05) is 0 Å². The Hall–Kier alpha value is -0.570. The Bertz CT molecular complexity index is 543. The molecule has 0 atom stereocenters. The summed E-state index contributed by atoms with van der Waals surface area (Å²) < 4.78 is 36.8. The lowest BCUT2D eigenvalue weighted by Gasteiger charge is -2.11. The molecule has 21 heavy (non-hydrogen) atoms. The van der Waals surface area contributed by atoms with Crippen LogP contribution in [0.25, 0.3) is 0 Å². The number of benzene rings is 1. The molecule has 0 bridgehead atoms. The first-order chi connectivity index (χ1) is 9.88.